The van der Waals surface area contributed by atoms with Crippen LogP contribution in [0.5, 0.6) is 0 Å². The summed E-state index contributed by atoms with van der Waals surface area (Å²) in [5.41, 5.74) is 0.285. The third-order valence-electron chi connectivity index (χ3n) is 3.64. The molecule has 9 heteroatoms. The smallest absolute Gasteiger partial charge is 0.338 e. The van der Waals surface area contributed by atoms with Crippen LogP contribution in [0.3, 0.4) is 0 Å². The first kappa shape index (κ1) is 19.1. The molecule has 0 N–H and O–H groups in total. The Morgan fingerprint density at radius 2 is 1.60 bits per heavy atom. The third kappa shape index (κ3) is 4.46. The summed E-state index contributed by atoms with van der Waals surface area (Å²) in [6.07, 6.45) is -2.50. The number of carbonyl (C=O) groups excluding carboxylic acids is 3. The molecule has 1 heterocycles. The maximum absolute atomic E-state index is 12.9. The van der Waals surface area contributed by atoms with Crippen LogP contribution >= 0.6 is 7.37 Å². The Bertz CT molecular complexity index is 701. The van der Waals surface area contributed by atoms with Crippen molar-refractivity contribution in [1.82, 2.24) is 0 Å². The van der Waals surface area contributed by atoms with Crippen molar-refractivity contribution in [3.63, 3.8) is 0 Å². The van der Waals surface area contributed by atoms with Gasteiger partial charge < -0.3 is 18.7 Å². The molecule has 0 radical (unpaired) electrons. The van der Waals surface area contributed by atoms with Gasteiger partial charge in [-0.25, -0.2) is 4.79 Å². The zero-order valence-corrected chi connectivity index (χ0v) is 14.9. The molecule has 0 spiro atoms. The van der Waals surface area contributed by atoms with E-state index in [2.05, 4.69) is 0 Å². The summed E-state index contributed by atoms with van der Waals surface area (Å²) in [5, 5.41) is 0. The van der Waals surface area contributed by atoms with Crippen LogP contribution in [0, 0.1) is 0 Å². The second-order valence-electron chi connectivity index (χ2n) is 5.48. The Hall–Kier alpha value is -2.18. The molecule has 1 aromatic rings. The van der Waals surface area contributed by atoms with Gasteiger partial charge in [-0.2, -0.15) is 0 Å². The van der Waals surface area contributed by atoms with Crippen molar-refractivity contribution in [3.8, 4) is 0 Å². The molecule has 0 saturated carbocycles. The highest BCUT2D eigenvalue weighted by atomic mass is 31.2. The lowest BCUT2D eigenvalue weighted by molar-refractivity contribution is -0.164. The van der Waals surface area contributed by atoms with Gasteiger partial charge in [0.15, 0.2) is 12.2 Å². The van der Waals surface area contributed by atoms with Crippen LogP contribution in [0.1, 0.15) is 24.2 Å². The molecular formula is C16H19O8P. The van der Waals surface area contributed by atoms with Gasteiger partial charge in [0, 0.05) is 21.0 Å². The Balaban J connectivity index is 2.28. The normalized spacial score (nSPS) is 28.2. The third-order valence-corrected chi connectivity index (χ3v) is 6.30. The molecule has 0 unspecified atom stereocenters. The summed E-state index contributed by atoms with van der Waals surface area (Å²) in [7, 11) is -2.33. The highest BCUT2D eigenvalue weighted by molar-refractivity contribution is 7.60. The first-order valence-electron chi connectivity index (χ1n) is 7.52. The van der Waals surface area contributed by atoms with Crippen molar-refractivity contribution < 1.29 is 37.7 Å². The van der Waals surface area contributed by atoms with Crippen molar-refractivity contribution in [2.24, 2.45) is 0 Å². The maximum Gasteiger partial charge on any atom is 0.338 e. The Morgan fingerprint density at radius 1 is 1.00 bits per heavy atom. The van der Waals surface area contributed by atoms with E-state index in [-0.39, 0.29) is 11.7 Å². The van der Waals surface area contributed by atoms with Crippen LogP contribution in [0.4, 0.5) is 0 Å². The number of hydrogen-bond donors (Lipinski definition) is 0. The lowest BCUT2D eigenvalue weighted by Gasteiger charge is -2.24. The van der Waals surface area contributed by atoms with Crippen molar-refractivity contribution in [3.05, 3.63) is 35.9 Å². The minimum absolute atomic E-state index is 0.224. The molecule has 136 valence electrons. The average Bonchev–Trinajstić information content (AvgIpc) is 2.80. The quantitative estimate of drug-likeness (QED) is 0.440. The zero-order valence-electron chi connectivity index (χ0n) is 14.0. The molecule has 1 saturated heterocycles. The van der Waals surface area contributed by atoms with Gasteiger partial charge in [-0.15, -0.1) is 0 Å². The molecule has 25 heavy (non-hydrogen) atoms. The zero-order chi connectivity index (χ0) is 18.6. The summed E-state index contributed by atoms with van der Waals surface area (Å²) in [6.45, 7) is 2.28. The fourth-order valence-corrected chi connectivity index (χ4v) is 4.93. The Morgan fingerprint density at radius 3 is 2.12 bits per heavy atom. The van der Waals surface area contributed by atoms with E-state index in [1.54, 1.807) is 30.3 Å². The number of benzene rings is 1. The number of rotatable bonds is 5. The molecule has 0 amide bonds. The molecule has 1 aliphatic rings. The largest absolute Gasteiger partial charge is 0.454 e. The second-order valence-corrected chi connectivity index (χ2v) is 8.17. The van der Waals surface area contributed by atoms with Crippen molar-refractivity contribution in [1.29, 1.82) is 0 Å². The molecule has 1 aliphatic heterocycles. The van der Waals surface area contributed by atoms with Crippen LogP contribution in [0.15, 0.2) is 30.3 Å². The van der Waals surface area contributed by atoms with Gasteiger partial charge in [0.1, 0.15) is 0 Å². The Labute approximate surface area is 144 Å². The standard InChI is InChI=1S/C16H19O8P/c1-10(17)22-14-13(24-15(19)12-7-5-4-6-8-12)9-25(20,21-3)16(14)23-11(2)18/h4-8,13-14,16H,9H2,1-3H3/t13-,14+,16-,25-/m0/s1. The van der Waals surface area contributed by atoms with Gasteiger partial charge in [0.25, 0.3) is 0 Å². The molecule has 0 aliphatic carbocycles. The number of carbonyl (C=O) groups is 3. The van der Waals surface area contributed by atoms with Crippen LogP contribution in [0.2, 0.25) is 0 Å². The summed E-state index contributed by atoms with van der Waals surface area (Å²) in [4.78, 5) is 35.0. The molecule has 2 rings (SSSR count). The van der Waals surface area contributed by atoms with E-state index in [4.69, 9.17) is 18.7 Å². The van der Waals surface area contributed by atoms with Crippen molar-refractivity contribution in [2.45, 2.75) is 31.9 Å². The molecule has 1 fully saturated rings. The minimum atomic E-state index is -3.53. The fraction of sp³-hybridized carbons (Fsp3) is 0.438. The van der Waals surface area contributed by atoms with Crippen molar-refractivity contribution >= 4 is 25.3 Å². The van der Waals surface area contributed by atoms with Gasteiger partial charge in [-0.1, -0.05) is 18.2 Å². The van der Waals surface area contributed by atoms with Gasteiger partial charge in [0.05, 0.1) is 11.7 Å². The topological polar surface area (TPSA) is 105 Å². The highest BCUT2D eigenvalue weighted by Gasteiger charge is 2.57. The lowest BCUT2D eigenvalue weighted by atomic mass is 10.2. The highest BCUT2D eigenvalue weighted by Crippen LogP contribution is 2.60. The van der Waals surface area contributed by atoms with E-state index in [1.807, 2.05) is 0 Å². The lowest BCUT2D eigenvalue weighted by Crippen LogP contribution is -2.39. The molecule has 0 bridgehead atoms. The van der Waals surface area contributed by atoms with Gasteiger partial charge in [0.2, 0.25) is 13.2 Å². The predicted octanol–water partition coefficient (Wildman–Crippen LogP) is 1.97. The van der Waals surface area contributed by atoms with Crippen molar-refractivity contribution in [2.75, 3.05) is 13.3 Å². The predicted molar refractivity (Wildman–Crippen MR) is 86.2 cm³/mol. The van der Waals surface area contributed by atoms with E-state index in [0.29, 0.717) is 0 Å². The van der Waals surface area contributed by atoms with E-state index >= 15 is 0 Å². The van der Waals surface area contributed by atoms with Gasteiger partial charge in [-0.3, -0.25) is 14.2 Å². The average molecular weight is 370 g/mol. The first-order valence-corrected chi connectivity index (χ1v) is 9.39. The van der Waals surface area contributed by atoms with E-state index in [1.165, 1.54) is 7.11 Å². The molecular weight excluding hydrogens is 351 g/mol. The molecule has 1 aromatic carbocycles. The van der Waals surface area contributed by atoms with E-state index in [9.17, 15) is 18.9 Å². The first-order chi connectivity index (χ1) is 11.8. The van der Waals surface area contributed by atoms with Crippen LogP contribution in [0.25, 0.3) is 0 Å². The maximum atomic E-state index is 12.9. The summed E-state index contributed by atoms with van der Waals surface area (Å²) >= 11 is 0. The van der Waals surface area contributed by atoms with Gasteiger partial charge in [-0.05, 0) is 12.1 Å². The second kappa shape index (κ2) is 7.80. The number of ether oxygens (including phenoxy) is 3. The fourth-order valence-electron chi connectivity index (χ4n) is 2.57. The Kier molecular flexibility index (Phi) is 5.98. The van der Waals surface area contributed by atoms with Crippen LogP contribution in [-0.4, -0.2) is 49.2 Å². The van der Waals surface area contributed by atoms with E-state index in [0.717, 1.165) is 13.8 Å². The summed E-state index contributed by atoms with van der Waals surface area (Å²) in [6, 6.07) is 8.17. The number of hydrogen-bond acceptors (Lipinski definition) is 8. The monoisotopic (exact) mass is 370 g/mol. The SMILES string of the molecule is CO[P@@]1(=O)C[C@H](OC(=O)c2ccccc2)[C@@H](OC(C)=O)[C@H]1OC(C)=O. The van der Waals surface area contributed by atoms with Crippen LogP contribution < -0.4 is 0 Å². The van der Waals surface area contributed by atoms with E-state index < -0.39 is 43.3 Å². The van der Waals surface area contributed by atoms with Gasteiger partial charge >= 0.3 is 17.9 Å². The summed E-state index contributed by atoms with van der Waals surface area (Å²) in [5.74, 6) is -3.40. The minimum Gasteiger partial charge on any atom is -0.454 e. The van der Waals surface area contributed by atoms with Crippen LogP contribution in [-0.2, 0) is 32.9 Å². The summed E-state index contributed by atoms with van der Waals surface area (Å²) < 4.78 is 33.5. The molecule has 4 atom stereocenters. The molecule has 8 nitrogen and oxygen atoms in total. The number of esters is 3. The molecule has 0 aromatic heterocycles.